The number of rotatable bonds is 6. The van der Waals surface area contributed by atoms with Gasteiger partial charge in [-0.3, -0.25) is 9.59 Å². The van der Waals surface area contributed by atoms with Crippen LogP contribution in [-0.4, -0.2) is 27.5 Å². The lowest BCUT2D eigenvalue weighted by Crippen LogP contribution is -2.48. The lowest BCUT2D eigenvalue weighted by atomic mass is 9.93. The van der Waals surface area contributed by atoms with Gasteiger partial charge in [0.15, 0.2) is 0 Å². The zero-order valence-electron chi connectivity index (χ0n) is 13.6. The Morgan fingerprint density at radius 3 is 2.56 bits per heavy atom. The summed E-state index contributed by atoms with van der Waals surface area (Å²) in [6.07, 6.45) is 3.48. The van der Waals surface area contributed by atoms with Gasteiger partial charge in [-0.05, 0) is 25.0 Å². The molecule has 0 spiro atoms. The molecule has 5 nitrogen and oxygen atoms in total. The molecule has 1 aliphatic rings. The van der Waals surface area contributed by atoms with Crippen LogP contribution in [0, 0.1) is 0 Å². The predicted octanol–water partition coefficient (Wildman–Crippen LogP) is 3.91. The minimum absolute atomic E-state index is 0.0220. The molecule has 1 amide bonds. The number of aliphatic carboxylic acids is 1. The molecule has 0 aliphatic heterocycles. The number of hydrogen-bond donors (Lipinski definition) is 2. The summed E-state index contributed by atoms with van der Waals surface area (Å²) in [7, 11) is 0. The smallest absolute Gasteiger partial charge is 0.305 e. The van der Waals surface area contributed by atoms with Crippen LogP contribution in [0.2, 0.25) is 5.02 Å². The van der Waals surface area contributed by atoms with E-state index in [-0.39, 0.29) is 18.7 Å². The first kappa shape index (κ1) is 17.9. The van der Waals surface area contributed by atoms with E-state index in [4.69, 9.17) is 16.7 Å². The molecule has 2 aromatic rings. The van der Waals surface area contributed by atoms with Crippen LogP contribution < -0.4 is 5.32 Å². The maximum atomic E-state index is 12.4. The van der Waals surface area contributed by atoms with Crippen molar-refractivity contribution in [2.45, 2.75) is 44.1 Å². The van der Waals surface area contributed by atoms with E-state index in [9.17, 15) is 9.59 Å². The average molecular weight is 379 g/mol. The predicted molar refractivity (Wildman–Crippen MR) is 97.9 cm³/mol. The number of halogens is 1. The Balaban J connectivity index is 1.65. The first-order chi connectivity index (χ1) is 12.0. The molecule has 0 unspecified atom stereocenters. The standard InChI is InChI=1S/C18H19ClN2O3S/c19-13-5-3-12(4-6-13)17-20-14(11-25-17)9-15(22)21-18(10-16(23)24)7-1-2-8-18/h3-6,11H,1-2,7-10H2,(H,21,22)(H,23,24). The summed E-state index contributed by atoms with van der Waals surface area (Å²) in [5.74, 6) is -1.04. The van der Waals surface area contributed by atoms with Crippen molar-refractivity contribution < 1.29 is 14.7 Å². The maximum absolute atomic E-state index is 12.4. The Bertz CT molecular complexity index is 767. The van der Waals surface area contributed by atoms with Crippen molar-refractivity contribution >= 4 is 34.8 Å². The Labute approximate surface area is 155 Å². The zero-order chi connectivity index (χ0) is 17.9. The van der Waals surface area contributed by atoms with E-state index in [1.54, 1.807) is 12.1 Å². The molecule has 1 aliphatic carbocycles. The minimum Gasteiger partial charge on any atom is -0.481 e. The third kappa shape index (κ3) is 4.58. The molecule has 7 heteroatoms. The average Bonchev–Trinajstić information content (AvgIpc) is 3.17. The Morgan fingerprint density at radius 2 is 1.92 bits per heavy atom. The van der Waals surface area contributed by atoms with Gasteiger partial charge in [-0.15, -0.1) is 11.3 Å². The lowest BCUT2D eigenvalue weighted by Gasteiger charge is -2.28. The molecule has 1 aromatic carbocycles. The third-order valence-electron chi connectivity index (χ3n) is 4.44. The highest BCUT2D eigenvalue weighted by Crippen LogP contribution is 2.33. The van der Waals surface area contributed by atoms with E-state index >= 15 is 0 Å². The van der Waals surface area contributed by atoms with Crippen LogP contribution in [0.5, 0.6) is 0 Å². The van der Waals surface area contributed by atoms with E-state index < -0.39 is 11.5 Å². The second-order valence-corrected chi connectivity index (χ2v) is 7.73. The Kier molecular flexibility index (Phi) is 5.39. The molecule has 25 heavy (non-hydrogen) atoms. The number of amides is 1. The van der Waals surface area contributed by atoms with Gasteiger partial charge in [0.05, 0.1) is 24.1 Å². The molecule has 1 saturated carbocycles. The number of carbonyl (C=O) groups is 2. The fourth-order valence-electron chi connectivity index (χ4n) is 3.30. The highest BCUT2D eigenvalue weighted by Gasteiger charge is 2.37. The van der Waals surface area contributed by atoms with E-state index in [0.29, 0.717) is 10.7 Å². The van der Waals surface area contributed by atoms with Crippen molar-refractivity contribution in [3.8, 4) is 10.6 Å². The van der Waals surface area contributed by atoms with Crippen LogP contribution in [-0.2, 0) is 16.0 Å². The normalized spacial score (nSPS) is 15.9. The first-order valence-electron chi connectivity index (χ1n) is 8.19. The molecule has 0 radical (unpaired) electrons. The number of benzene rings is 1. The molecule has 2 N–H and O–H groups in total. The summed E-state index contributed by atoms with van der Waals surface area (Å²) in [5, 5.41) is 15.4. The number of carbonyl (C=O) groups excluding carboxylic acids is 1. The second kappa shape index (κ2) is 7.54. The molecular weight excluding hydrogens is 360 g/mol. The highest BCUT2D eigenvalue weighted by molar-refractivity contribution is 7.13. The summed E-state index contributed by atoms with van der Waals surface area (Å²) in [6, 6.07) is 7.40. The molecule has 0 saturated heterocycles. The number of carboxylic acids is 1. The van der Waals surface area contributed by atoms with E-state index in [0.717, 1.165) is 36.3 Å². The van der Waals surface area contributed by atoms with Crippen molar-refractivity contribution in [2.24, 2.45) is 0 Å². The Hall–Kier alpha value is -1.92. The van der Waals surface area contributed by atoms with Gasteiger partial charge in [-0.25, -0.2) is 4.98 Å². The van der Waals surface area contributed by atoms with Crippen LogP contribution in [0.15, 0.2) is 29.6 Å². The molecule has 3 rings (SSSR count). The van der Waals surface area contributed by atoms with Gasteiger partial charge >= 0.3 is 5.97 Å². The first-order valence-corrected chi connectivity index (χ1v) is 9.45. The number of nitrogens with one attached hydrogen (secondary N) is 1. The molecule has 1 fully saturated rings. The van der Waals surface area contributed by atoms with Crippen LogP contribution >= 0.6 is 22.9 Å². The van der Waals surface area contributed by atoms with Gasteiger partial charge in [0.25, 0.3) is 0 Å². The Morgan fingerprint density at radius 1 is 1.24 bits per heavy atom. The molecule has 1 aromatic heterocycles. The molecule has 0 bridgehead atoms. The summed E-state index contributed by atoms with van der Waals surface area (Å²) in [5.41, 5.74) is 1.05. The van der Waals surface area contributed by atoms with Crippen LogP contribution in [0.3, 0.4) is 0 Å². The van der Waals surface area contributed by atoms with Gasteiger partial charge in [0.1, 0.15) is 5.01 Å². The molecule has 132 valence electrons. The lowest BCUT2D eigenvalue weighted by molar-refractivity contribution is -0.139. The number of aromatic nitrogens is 1. The highest BCUT2D eigenvalue weighted by atomic mass is 35.5. The SMILES string of the molecule is O=C(O)CC1(NC(=O)Cc2csc(-c3ccc(Cl)cc3)n2)CCCC1. The summed E-state index contributed by atoms with van der Waals surface area (Å²) in [6.45, 7) is 0. The summed E-state index contributed by atoms with van der Waals surface area (Å²) in [4.78, 5) is 28.0. The molecule has 1 heterocycles. The van der Waals surface area contributed by atoms with Crippen LogP contribution in [0.1, 0.15) is 37.8 Å². The van der Waals surface area contributed by atoms with Crippen molar-refractivity contribution in [2.75, 3.05) is 0 Å². The van der Waals surface area contributed by atoms with Gasteiger partial charge in [-0.2, -0.15) is 0 Å². The minimum atomic E-state index is -0.874. The van der Waals surface area contributed by atoms with Crippen LogP contribution in [0.25, 0.3) is 10.6 Å². The summed E-state index contributed by atoms with van der Waals surface area (Å²) < 4.78 is 0. The molecule has 0 atom stereocenters. The number of nitrogens with zero attached hydrogens (tertiary/aromatic N) is 1. The van der Waals surface area contributed by atoms with Crippen molar-refractivity contribution in [1.82, 2.24) is 10.3 Å². The van der Waals surface area contributed by atoms with E-state index in [1.165, 1.54) is 11.3 Å². The van der Waals surface area contributed by atoms with Crippen molar-refractivity contribution in [3.05, 3.63) is 40.4 Å². The number of thiazole rings is 1. The van der Waals surface area contributed by atoms with Gasteiger partial charge < -0.3 is 10.4 Å². The maximum Gasteiger partial charge on any atom is 0.305 e. The van der Waals surface area contributed by atoms with E-state index in [1.807, 2.05) is 17.5 Å². The monoisotopic (exact) mass is 378 g/mol. The van der Waals surface area contributed by atoms with Crippen molar-refractivity contribution in [3.63, 3.8) is 0 Å². The van der Waals surface area contributed by atoms with Gasteiger partial charge in [-0.1, -0.05) is 36.6 Å². The number of hydrogen-bond acceptors (Lipinski definition) is 4. The fourth-order valence-corrected chi connectivity index (χ4v) is 4.26. The van der Waals surface area contributed by atoms with Gasteiger partial charge in [0.2, 0.25) is 5.91 Å². The largest absolute Gasteiger partial charge is 0.481 e. The quantitative estimate of drug-likeness (QED) is 0.798. The summed E-state index contributed by atoms with van der Waals surface area (Å²) >= 11 is 7.37. The fraction of sp³-hybridized carbons (Fsp3) is 0.389. The topological polar surface area (TPSA) is 79.3 Å². The van der Waals surface area contributed by atoms with Crippen molar-refractivity contribution in [1.29, 1.82) is 0 Å². The second-order valence-electron chi connectivity index (χ2n) is 6.43. The number of carboxylic acid groups (broad SMARTS) is 1. The third-order valence-corrected chi connectivity index (χ3v) is 5.63. The zero-order valence-corrected chi connectivity index (χ0v) is 15.2. The van der Waals surface area contributed by atoms with Gasteiger partial charge in [0, 0.05) is 16.0 Å². The van der Waals surface area contributed by atoms with Crippen LogP contribution in [0.4, 0.5) is 0 Å². The van der Waals surface area contributed by atoms with E-state index in [2.05, 4.69) is 10.3 Å². The molecular formula is C18H19ClN2O3S.